The molecule has 0 aromatic heterocycles. The Bertz CT molecular complexity index is 468. The van der Waals surface area contributed by atoms with Crippen LogP contribution in [0.4, 0.5) is 0 Å². The molecule has 1 saturated carbocycles. The average molecular weight is 364 g/mol. The van der Waals surface area contributed by atoms with Crippen molar-refractivity contribution >= 4 is 11.8 Å². The zero-order valence-electron chi connectivity index (χ0n) is 16.5. The van der Waals surface area contributed by atoms with Gasteiger partial charge < -0.3 is 10.2 Å². The molecule has 2 saturated heterocycles. The van der Waals surface area contributed by atoms with Gasteiger partial charge in [0.05, 0.1) is 6.54 Å². The SMILES string of the molecule is CCC1CCCCN1C(=O)CN1CCC(NC(=O)C2CCCCC2)CC1. The molecule has 5 nitrogen and oxygen atoms in total. The van der Waals surface area contributed by atoms with Crippen LogP contribution in [0, 0.1) is 5.92 Å². The fraction of sp³-hybridized carbons (Fsp3) is 0.905. The Morgan fingerprint density at radius 1 is 0.885 bits per heavy atom. The molecule has 3 rings (SSSR count). The highest BCUT2D eigenvalue weighted by atomic mass is 16.2. The van der Waals surface area contributed by atoms with E-state index in [4.69, 9.17) is 0 Å². The molecular formula is C21H37N3O2. The van der Waals surface area contributed by atoms with Crippen LogP contribution < -0.4 is 5.32 Å². The van der Waals surface area contributed by atoms with E-state index in [9.17, 15) is 9.59 Å². The summed E-state index contributed by atoms with van der Waals surface area (Å²) in [5.41, 5.74) is 0. The molecule has 0 spiro atoms. The predicted molar refractivity (Wildman–Crippen MR) is 104 cm³/mol. The Hall–Kier alpha value is -1.10. The van der Waals surface area contributed by atoms with Gasteiger partial charge in [-0.3, -0.25) is 14.5 Å². The number of hydrogen-bond acceptors (Lipinski definition) is 3. The summed E-state index contributed by atoms with van der Waals surface area (Å²) in [6.07, 6.45) is 12.4. The van der Waals surface area contributed by atoms with E-state index < -0.39 is 0 Å². The Labute approximate surface area is 158 Å². The van der Waals surface area contributed by atoms with Crippen LogP contribution in [0.25, 0.3) is 0 Å². The van der Waals surface area contributed by atoms with Crippen molar-refractivity contribution in [3.05, 3.63) is 0 Å². The topological polar surface area (TPSA) is 52.7 Å². The maximum Gasteiger partial charge on any atom is 0.236 e. The lowest BCUT2D eigenvalue weighted by atomic mass is 9.88. The Morgan fingerprint density at radius 3 is 2.27 bits per heavy atom. The first-order valence-electron chi connectivity index (χ1n) is 11.0. The summed E-state index contributed by atoms with van der Waals surface area (Å²) in [4.78, 5) is 29.5. The van der Waals surface area contributed by atoms with Crippen molar-refractivity contribution in [1.29, 1.82) is 0 Å². The normalized spacial score (nSPS) is 26.7. The summed E-state index contributed by atoms with van der Waals surface area (Å²) < 4.78 is 0. The summed E-state index contributed by atoms with van der Waals surface area (Å²) in [6, 6.07) is 0.748. The highest BCUT2D eigenvalue weighted by molar-refractivity contribution is 5.79. The van der Waals surface area contributed by atoms with E-state index in [1.807, 2.05) is 0 Å². The second kappa shape index (κ2) is 9.72. The zero-order valence-corrected chi connectivity index (χ0v) is 16.5. The molecule has 0 bridgehead atoms. The zero-order chi connectivity index (χ0) is 18.4. The van der Waals surface area contributed by atoms with Crippen molar-refractivity contribution < 1.29 is 9.59 Å². The van der Waals surface area contributed by atoms with Gasteiger partial charge in [-0.15, -0.1) is 0 Å². The van der Waals surface area contributed by atoms with Gasteiger partial charge in [0.1, 0.15) is 0 Å². The third-order valence-corrected chi connectivity index (χ3v) is 6.69. The largest absolute Gasteiger partial charge is 0.353 e. The molecule has 2 amide bonds. The summed E-state index contributed by atoms with van der Waals surface area (Å²) in [6.45, 7) is 5.53. The monoisotopic (exact) mass is 363 g/mol. The van der Waals surface area contributed by atoms with Gasteiger partial charge in [-0.2, -0.15) is 0 Å². The van der Waals surface area contributed by atoms with E-state index >= 15 is 0 Å². The molecule has 1 atom stereocenters. The third-order valence-electron chi connectivity index (χ3n) is 6.69. The molecule has 0 aromatic rings. The number of hydrogen-bond donors (Lipinski definition) is 1. The highest BCUT2D eigenvalue weighted by Crippen LogP contribution is 2.24. The van der Waals surface area contributed by atoms with Gasteiger partial charge in [0, 0.05) is 37.6 Å². The molecule has 1 N–H and O–H groups in total. The summed E-state index contributed by atoms with van der Waals surface area (Å²) >= 11 is 0. The summed E-state index contributed by atoms with van der Waals surface area (Å²) in [5.74, 6) is 0.827. The fourth-order valence-corrected chi connectivity index (χ4v) is 4.95. The van der Waals surface area contributed by atoms with Crippen LogP contribution in [0.1, 0.15) is 77.6 Å². The molecule has 5 heteroatoms. The number of rotatable bonds is 5. The maximum atomic E-state index is 12.7. The van der Waals surface area contributed by atoms with Crippen LogP contribution in [0.5, 0.6) is 0 Å². The Kier molecular flexibility index (Phi) is 7.35. The fourth-order valence-electron chi connectivity index (χ4n) is 4.95. The van der Waals surface area contributed by atoms with Crippen LogP contribution in [-0.2, 0) is 9.59 Å². The molecule has 26 heavy (non-hydrogen) atoms. The van der Waals surface area contributed by atoms with Crippen LogP contribution in [0.2, 0.25) is 0 Å². The van der Waals surface area contributed by atoms with Crippen LogP contribution in [-0.4, -0.2) is 59.9 Å². The van der Waals surface area contributed by atoms with E-state index in [-0.39, 0.29) is 11.8 Å². The van der Waals surface area contributed by atoms with Gasteiger partial charge in [0.2, 0.25) is 11.8 Å². The third kappa shape index (κ3) is 5.21. The standard InChI is InChI=1S/C21H37N3O2/c1-2-19-10-6-7-13-24(19)20(25)16-23-14-11-18(12-15-23)22-21(26)17-8-4-3-5-9-17/h17-19H,2-16H2,1H3,(H,22,26). The molecule has 0 aromatic carbocycles. The highest BCUT2D eigenvalue weighted by Gasteiger charge is 2.29. The number of likely N-dealkylation sites (tertiary alicyclic amines) is 2. The van der Waals surface area contributed by atoms with Crippen molar-refractivity contribution in [1.82, 2.24) is 15.1 Å². The second-order valence-electron chi connectivity index (χ2n) is 8.54. The average Bonchev–Trinajstić information content (AvgIpc) is 2.70. The minimum absolute atomic E-state index is 0.244. The number of carbonyl (C=O) groups is 2. The lowest BCUT2D eigenvalue weighted by Crippen LogP contribution is -2.51. The number of carbonyl (C=O) groups excluding carboxylic acids is 2. The van der Waals surface area contributed by atoms with E-state index in [2.05, 4.69) is 22.0 Å². The van der Waals surface area contributed by atoms with Gasteiger partial charge in [0.25, 0.3) is 0 Å². The van der Waals surface area contributed by atoms with Crippen molar-refractivity contribution in [2.45, 2.75) is 89.6 Å². The van der Waals surface area contributed by atoms with E-state index in [0.29, 0.717) is 24.5 Å². The second-order valence-corrected chi connectivity index (χ2v) is 8.54. The van der Waals surface area contributed by atoms with Crippen molar-refractivity contribution in [3.63, 3.8) is 0 Å². The maximum absolute atomic E-state index is 12.7. The molecule has 2 heterocycles. The molecule has 1 unspecified atom stereocenters. The molecule has 148 valence electrons. The summed E-state index contributed by atoms with van der Waals surface area (Å²) in [5, 5.41) is 3.28. The minimum atomic E-state index is 0.244. The van der Waals surface area contributed by atoms with Crippen molar-refractivity contribution in [2.75, 3.05) is 26.2 Å². The minimum Gasteiger partial charge on any atom is -0.353 e. The number of amides is 2. The first-order chi connectivity index (χ1) is 12.7. The van der Waals surface area contributed by atoms with Gasteiger partial charge in [-0.25, -0.2) is 0 Å². The van der Waals surface area contributed by atoms with Crippen LogP contribution >= 0.6 is 0 Å². The lowest BCUT2D eigenvalue weighted by molar-refractivity contribution is -0.136. The van der Waals surface area contributed by atoms with Crippen molar-refractivity contribution in [2.24, 2.45) is 5.92 Å². The van der Waals surface area contributed by atoms with Crippen LogP contribution in [0.3, 0.4) is 0 Å². The Balaban J connectivity index is 1.39. The first-order valence-corrected chi connectivity index (χ1v) is 11.0. The number of nitrogens with one attached hydrogen (secondary N) is 1. The predicted octanol–water partition coefficient (Wildman–Crippen LogP) is 2.94. The summed E-state index contributed by atoms with van der Waals surface area (Å²) in [7, 11) is 0. The number of nitrogens with zero attached hydrogens (tertiary/aromatic N) is 2. The molecule has 0 radical (unpaired) electrons. The molecular weight excluding hydrogens is 326 g/mol. The lowest BCUT2D eigenvalue weighted by Gasteiger charge is -2.38. The van der Waals surface area contributed by atoms with Gasteiger partial charge in [0.15, 0.2) is 0 Å². The molecule has 2 aliphatic heterocycles. The molecule has 3 aliphatic rings. The van der Waals surface area contributed by atoms with Gasteiger partial charge >= 0.3 is 0 Å². The van der Waals surface area contributed by atoms with E-state index in [0.717, 1.165) is 64.6 Å². The molecule has 1 aliphatic carbocycles. The quantitative estimate of drug-likeness (QED) is 0.817. The smallest absolute Gasteiger partial charge is 0.236 e. The van der Waals surface area contributed by atoms with Gasteiger partial charge in [-0.1, -0.05) is 26.2 Å². The number of piperidine rings is 2. The molecule has 3 fully saturated rings. The first kappa shape index (κ1) is 19.7. The van der Waals surface area contributed by atoms with E-state index in [1.165, 1.54) is 25.7 Å². The van der Waals surface area contributed by atoms with Gasteiger partial charge in [-0.05, 0) is 51.4 Å². The van der Waals surface area contributed by atoms with Crippen LogP contribution in [0.15, 0.2) is 0 Å². The van der Waals surface area contributed by atoms with Crippen molar-refractivity contribution in [3.8, 4) is 0 Å². The Morgan fingerprint density at radius 2 is 1.58 bits per heavy atom. The van der Waals surface area contributed by atoms with E-state index in [1.54, 1.807) is 0 Å².